The Hall–Kier alpha value is -1.32. The third kappa shape index (κ3) is 1.39. The lowest BCUT2D eigenvalue weighted by Gasteiger charge is -2.04. The van der Waals surface area contributed by atoms with Crippen molar-refractivity contribution in [2.45, 2.75) is 19.8 Å². The van der Waals surface area contributed by atoms with Crippen LogP contribution >= 0.6 is 0 Å². The second-order valence-corrected chi connectivity index (χ2v) is 2.65. The topological polar surface area (TPSA) is 66.0 Å². The fourth-order valence-corrected chi connectivity index (χ4v) is 0.810. The number of aromatic hydroxyl groups is 1. The molecule has 1 heterocycles. The van der Waals surface area contributed by atoms with Crippen molar-refractivity contribution in [1.29, 1.82) is 0 Å². The molecule has 60 valence electrons. The van der Waals surface area contributed by atoms with Crippen molar-refractivity contribution >= 4 is 0 Å². The molecule has 4 heteroatoms. The zero-order valence-electron chi connectivity index (χ0n) is 6.46. The van der Waals surface area contributed by atoms with Crippen LogP contribution in [-0.4, -0.2) is 15.3 Å². The highest BCUT2D eigenvalue weighted by Crippen LogP contribution is 2.16. The Morgan fingerprint density at radius 3 is 2.73 bits per heavy atom. The van der Waals surface area contributed by atoms with Crippen LogP contribution in [0.1, 0.15) is 25.5 Å². The second kappa shape index (κ2) is 2.74. The van der Waals surface area contributed by atoms with Crippen LogP contribution < -0.4 is 5.43 Å². The van der Waals surface area contributed by atoms with Gasteiger partial charge in [0.25, 0.3) is 0 Å². The SMILES string of the molecule is CC(C)c1[nH]ncc(=O)c1O. The Bertz CT molecular complexity index is 304. The van der Waals surface area contributed by atoms with Gasteiger partial charge in [-0.15, -0.1) is 0 Å². The van der Waals surface area contributed by atoms with Crippen molar-refractivity contribution in [2.24, 2.45) is 0 Å². The Labute approximate surface area is 63.9 Å². The lowest BCUT2D eigenvalue weighted by Crippen LogP contribution is -2.07. The molecule has 0 aliphatic rings. The number of aromatic nitrogens is 2. The molecular formula is C7H10N2O2. The highest BCUT2D eigenvalue weighted by molar-refractivity contribution is 5.25. The summed E-state index contributed by atoms with van der Waals surface area (Å²) in [6.07, 6.45) is 1.06. The Kier molecular flexibility index (Phi) is 1.94. The van der Waals surface area contributed by atoms with Gasteiger partial charge in [-0.25, -0.2) is 0 Å². The van der Waals surface area contributed by atoms with Crippen LogP contribution in [0.4, 0.5) is 0 Å². The monoisotopic (exact) mass is 154 g/mol. The molecule has 1 rings (SSSR count). The lowest BCUT2D eigenvalue weighted by molar-refractivity contribution is 0.451. The molecule has 4 nitrogen and oxygen atoms in total. The number of nitrogens with zero attached hydrogens (tertiary/aromatic N) is 1. The predicted molar refractivity (Wildman–Crippen MR) is 40.6 cm³/mol. The molecule has 2 N–H and O–H groups in total. The zero-order chi connectivity index (χ0) is 8.43. The fourth-order valence-electron chi connectivity index (χ4n) is 0.810. The van der Waals surface area contributed by atoms with Crippen molar-refractivity contribution in [2.75, 3.05) is 0 Å². The van der Waals surface area contributed by atoms with Crippen molar-refractivity contribution in [1.82, 2.24) is 10.2 Å². The first-order chi connectivity index (χ1) is 5.13. The number of nitrogens with one attached hydrogen (secondary N) is 1. The predicted octanol–water partition coefficient (Wildman–Crippen LogP) is 0.599. The van der Waals surface area contributed by atoms with Crippen LogP contribution in [0, 0.1) is 0 Å². The first kappa shape index (κ1) is 7.78. The summed E-state index contributed by atoms with van der Waals surface area (Å²) in [5, 5.41) is 15.3. The fraction of sp³-hybridized carbons (Fsp3) is 0.429. The van der Waals surface area contributed by atoms with E-state index in [1.165, 1.54) is 0 Å². The molecule has 1 aromatic heterocycles. The summed E-state index contributed by atoms with van der Waals surface area (Å²) in [7, 11) is 0. The van der Waals surface area contributed by atoms with Crippen LogP contribution in [0.5, 0.6) is 5.75 Å². The molecule has 0 saturated heterocycles. The summed E-state index contributed by atoms with van der Waals surface area (Å²) in [4.78, 5) is 10.8. The molecule has 0 spiro atoms. The van der Waals surface area contributed by atoms with Crippen molar-refractivity contribution < 1.29 is 5.11 Å². The van der Waals surface area contributed by atoms with Gasteiger partial charge in [-0.2, -0.15) is 5.10 Å². The van der Waals surface area contributed by atoms with Gasteiger partial charge >= 0.3 is 0 Å². The Balaban J connectivity index is 3.28. The van der Waals surface area contributed by atoms with Gasteiger partial charge in [0.2, 0.25) is 5.43 Å². The number of hydrogen-bond acceptors (Lipinski definition) is 3. The van der Waals surface area contributed by atoms with E-state index in [-0.39, 0.29) is 11.7 Å². The van der Waals surface area contributed by atoms with Gasteiger partial charge in [-0.05, 0) is 5.92 Å². The summed E-state index contributed by atoms with van der Waals surface area (Å²) >= 11 is 0. The van der Waals surface area contributed by atoms with E-state index >= 15 is 0 Å². The van der Waals surface area contributed by atoms with Gasteiger partial charge in [0.1, 0.15) is 0 Å². The quantitative estimate of drug-likeness (QED) is 0.622. The minimum Gasteiger partial charge on any atom is -0.503 e. The largest absolute Gasteiger partial charge is 0.503 e. The van der Waals surface area contributed by atoms with E-state index in [0.29, 0.717) is 5.69 Å². The number of rotatable bonds is 1. The zero-order valence-corrected chi connectivity index (χ0v) is 6.46. The lowest BCUT2D eigenvalue weighted by atomic mass is 10.1. The molecule has 0 aromatic carbocycles. The molecule has 1 aromatic rings. The maximum atomic E-state index is 10.8. The summed E-state index contributed by atoms with van der Waals surface area (Å²) in [5.41, 5.74) is 0.0463. The van der Waals surface area contributed by atoms with Gasteiger partial charge in [-0.1, -0.05) is 13.8 Å². The highest BCUT2D eigenvalue weighted by atomic mass is 16.3. The molecule has 0 aliphatic carbocycles. The number of H-pyrrole nitrogens is 1. The van der Waals surface area contributed by atoms with Crippen LogP contribution in [0.3, 0.4) is 0 Å². The first-order valence-electron chi connectivity index (χ1n) is 3.39. The van der Waals surface area contributed by atoms with Crippen LogP contribution in [0.15, 0.2) is 11.0 Å². The molecule has 0 saturated carbocycles. The van der Waals surface area contributed by atoms with E-state index in [0.717, 1.165) is 6.20 Å². The molecule has 0 unspecified atom stereocenters. The summed E-state index contributed by atoms with van der Waals surface area (Å²) < 4.78 is 0. The smallest absolute Gasteiger partial charge is 0.241 e. The summed E-state index contributed by atoms with van der Waals surface area (Å²) in [6.45, 7) is 3.74. The molecule has 0 atom stereocenters. The number of hydrogen-bond donors (Lipinski definition) is 2. The summed E-state index contributed by atoms with van der Waals surface area (Å²) in [5.74, 6) is -0.147. The maximum Gasteiger partial charge on any atom is 0.241 e. The van der Waals surface area contributed by atoms with Gasteiger partial charge < -0.3 is 5.11 Å². The van der Waals surface area contributed by atoms with Crippen LogP contribution in [-0.2, 0) is 0 Å². The molecule has 0 aliphatic heterocycles. The minimum atomic E-state index is -0.438. The molecule has 0 bridgehead atoms. The molecular weight excluding hydrogens is 144 g/mol. The van der Waals surface area contributed by atoms with Crippen LogP contribution in [0.25, 0.3) is 0 Å². The van der Waals surface area contributed by atoms with E-state index in [1.807, 2.05) is 13.8 Å². The van der Waals surface area contributed by atoms with E-state index in [1.54, 1.807) is 0 Å². The van der Waals surface area contributed by atoms with Gasteiger partial charge in [0, 0.05) is 0 Å². The van der Waals surface area contributed by atoms with E-state index in [9.17, 15) is 9.90 Å². The summed E-state index contributed by atoms with van der Waals surface area (Å²) in [6, 6.07) is 0. The van der Waals surface area contributed by atoms with Crippen molar-refractivity contribution in [3.05, 3.63) is 22.1 Å². The maximum absolute atomic E-state index is 10.8. The average Bonchev–Trinajstić information content (AvgIpc) is 1.94. The third-order valence-corrected chi connectivity index (χ3v) is 1.43. The Morgan fingerprint density at radius 1 is 1.64 bits per heavy atom. The van der Waals surface area contributed by atoms with E-state index in [2.05, 4.69) is 10.2 Å². The van der Waals surface area contributed by atoms with Crippen LogP contribution in [0.2, 0.25) is 0 Å². The van der Waals surface area contributed by atoms with Crippen molar-refractivity contribution in [3.63, 3.8) is 0 Å². The van der Waals surface area contributed by atoms with Gasteiger partial charge in [0.15, 0.2) is 5.75 Å². The molecule has 11 heavy (non-hydrogen) atoms. The normalized spacial score (nSPS) is 10.5. The standard InChI is InChI=1S/C7H10N2O2/c1-4(2)6-7(11)5(10)3-8-9-6/h3-4H,1-2H3,(H,8,11)(H,9,10). The van der Waals surface area contributed by atoms with E-state index < -0.39 is 5.43 Å². The second-order valence-electron chi connectivity index (χ2n) is 2.65. The van der Waals surface area contributed by atoms with Gasteiger partial charge in [0.05, 0.1) is 11.9 Å². The highest BCUT2D eigenvalue weighted by Gasteiger charge is 2.08. The van der Waals surface area contributed by atoms with Crippen molar-refractivity contribution in [3.8, 4) is 5.75 Å². The number of aromatic amines is 1. The molecule has 0 amide bonds. The molecule has 0 radical (unpaired) electrons. The first-order valence-corrected chi connectivity index (χ1v) is 3.39. The minimum absolute atomic E-state index is 0.0800. The van der Waals surface area contributed by atoms with E-state index in [4.69, 9.17) is 0 Å². The molecule has 0 fully saturated rings. The third-order valence-electron chi connectivity index (χ3n) is 1.43. The van der Waals surface area contributed by atoms with Gasteiger partial charge in [-0.3, -0.25) is 9.89 Å². The Morgan fingerprint density at radius 2 is 2.27 bits per heavy atom. The average molecular weight is 154 g/mol.